The van der Waals surface area contributed by atoms with Crippen molar-refractivity contribution in [2.75, 3.05) is 50.8 Å². The molecule has 3 saturated heterocycles. The first-order valence-corrected chi connectivity index (χ1v) is 15.8. The molecule has 9 nitrogen and oxygen atoms in total. The minimum Gasteiger partial charge on any atom is -0.461 e. The van der Waals surface area contributed by atoms with Crippen molar-refractivity contribution in [1.82, 2.24) is 24.8 Å². The molecule has 3 fully saturated rings. The molecule has 46 heavy (non-hydrogen) atoms. The van der Waals surface area contributed by atoms with Gasteiger partial charge in [-0.15, -0.1) is 0 Å². The molecule has 12 heteroatoms. The second-order valence-corrected chi connectivity index (χ2v) is 12.6. The van der Waals surface area contributed by atoms with Crippen LogP contribution in [0.3, 0.4) is 0 Å². The van der Waals surface area contributed by atoms with Crippen LogP contribution >= 0.6 is 11.6 Å². The van der Waals surface area contributed by atoms with Crippen molar-refractivity contribution >= 4 is 45.1 Å². The van der Waals surface area contributed by atoms with Gasteiger partial charge in [-0.25, -0.2) is 15.4 Å². The Morgan fingerprint density at radius 1 is 1.22 bits per heavy atom. The van der Waals surface area contributed by atoms with E-state index in [1.54, 1.807) is 17.2 Å². The predicted molar refractivity (Wildman–Crippen MR) is 173 cm³/mol. The molecule has 4 aromatic rings. The van der Waals surface area contributed by atoms with Crippen molar-refractivity contribution in [3.63, 3.8) is 0 Å². The topological polar surface area (TPSA) is 79.1 Å². The number of piperazine rings is 1. The molecular formula is C34H32ClF2N7O2. The maximum atomic E-state index is 14.6. The smallest absolute Gasteiger partial charge is 0.319 e. The number of rotatable bonds is 7. The van der Waals surface area contributed by atoms with Crippen LogP contribution in [0.15, 0.2) is 55.3 Å². The van der Waals surface area contributed by atoms with Crippen LogP contribution in [0.25, 0.3) is 37.8 Å². The number of pyridine rings is 1. The number of carbonyl (C=O) groups is 1. The number of hydrogen-bond acceptors (Lipinski definition) is 7. The van der Waals surface area contributed by atoms with Crippen LogP contribution in [-0.4, -0.2) is 94.3 Å². The van der Waals surface area contributed by atoms with Gasteiger partial charge in [0.2, 0.25) is 12.5 Å². The molecule has 2 aromatic carbocycles. The van der Waals surface area contributed by atoms with Gasteiger partial charge in [-0.3, -0.25) is 14.7 Å². The first-order valence-electron chi connectivity index (χ1n) is 15.4. The van der Waals surface area contributed by atoms with Gasteiger partial charge in [0.1, 0.15) is 30.2 Å². The average molecular weight is 644 g/mol. The van der Waals surface area contributed by atoms with Crippen LogP contribution in [0.2, 0.25) is 5.02 Å². The van der Waals surface area contributed by atoms with Gasteiger partial charge in [0.05, 0.1) is 16.1 Å². The van der Waals surface area contributed by atoms with Crippen molar-refractivity contribution < 1.29 is 18.3 Å². The normalized spacial score (nSPS) is 23.1. The molecule has 1 unspecified atom stereocenters. The molecule has 0 radical (unpaired) electrons. The van der Waals surface area contributed by atoms with E-state index < -0.39 is 12.0 Å². The standard InChI is InChI=1S/C34H32ClF2N7O2/c1-3-28(45)44-13-12-42(19-24(44)17-38-2)32-31-27(40-33(41-32)46-20-34-10-5-11-43(34)18-23(36)15-34)14-22(16-39-31)25-7-4-6-21-8-9-26(37)30(35)29(21)25/h3-4,6-9,14,16,23-24H,1,5,10-13,15,17-20H2/t23-,24+,34?/m1/s1. The Bertz CT molecular complexity index is 1900. The van der Waals surface area contributed by atoms with E-state index in [1.165, 1.54) is 12.1 Å². The number of ether oxygens (including phenoxy) is 1. The van der Waals surface area contributed by atoms with Gasteiger partial charge in [-0.2, -0.15) is 9.97 Å². The molecule has 0 spiro atoms. The summed E-state index contributed by atoms with van der Waals surface area (Å²) in [6.07, 6.45) is 4.30. The summed E-state index contributed by atoms with van der Waals surface area (Å²) in [6, 6.07) is 10.3. The van der Waals surface area contributed by atoms with Gasteiger partial charge in [0.25, 0.3) is 0 Å². The van der Waals surface area contributed by atoms with Gasteiger partial charge in [-0.05, 0) is 48.5 Å². The number of anilines is 1. The Kier molecular flexibility index (Phi) is 7.95. The van der Waals surface area contributed by atoms with Crippen LogP contribution in [-0.2, 0) is 4.79 Å². The number of halogens is 3. The highest BCUT2D eigenvalue weighted by Gasteiger charge is 2.49. The van der Waals surface area contributed by atoms with Gasteiger partial charge >= 0.3 is 6.01 Å². The summed E-state index contributed by atoms with van der Waals surface area (Å²) in [5, 5.41) is 1.39. The summed E-state index contributed by atoms with van der Waals surface area (Å²) < 4.78 is 35.3. The quantitative estimate of drug-likeness (QED) is 0.188. The van der Waals surface area contributed by atoms with Gasteiger partial charge in [-0.1, -0.05) is 42.4 Å². The molecule has 3 aliphatic rings. The lowest BCUT2D eigenvalue weighted by Crippen LogP contribution is -2.56. The second kappa shape index (κ2) is 12.1. The number of aromatic nitrogens is 3. The number of amides is 1. The SMILES string of the molecule is [C-]#[N+]C[C@H]1CN(c2nc(OCC34CCCN3C[C@H](F)C4)nc3cc(-c4cccc5ccc(F)c(Cl)c45)cnc23)CCN1C(=O)C=C. The van der Waals surface area contributed by atoms with E-state index in [1.807, 2.05) is 29.2 Å². The summed E-state index contributed by atoms with van der Waals surface area (Å²) in [6.45, 7) is 13.9. The van der Waals surface area contributed by atoms with E-state index in [0.717, 1.165) is 24.8 Å². The van der Waals surface area contributed by atoms with Gasteiger partial charge < -0.3 is 19.4 Å². The molecule has 1 amide bonds. The third kappa shape index (κ3) is 5.29. The number of nitrogens with zero attached hydrogens (tertiary/aromatic N) is 7. The molecule has 0 N–H and O–H groups in total. The highest BCUT2D eigenvalue weighted by Crippen LogP contribution is 2.41. The lowest BCUT2D eigenvalue weighted by Gasteiger charge is -2.39. The fraction of sp³-hybridized carbons (Fsp3) is 0.382. The van der Waals surface area contributed by atoms with E-state index in [0.29, 0.717) is 66.0 Å². The van der Waals surface area contributed by atoms with Crippen LogP contribution in [0.5, 0.6) is 6.01 Å². The first-order chi connectivity index (χ1) is 22.3. The molecule has 3 atom stereocenters. The molecule has 0 aliphatic carbocycles. The monoisotopic (exact) mass is 643 g/mol. The Labute approximate surface area is 270 Å². The van der Waals surface area contributed by atoms with Gasteiger partial charge in [0.15, 0.2) is 5.82 Å². The highest BCUT2D eigenvalue weighted by molar-refractivity contribution is 6.36. The predicted octanol–water partition coefficient (Wildman–Crippen LogP) is 5.72. The third-order valence-electron chi connectivity index (χ3n) is 9.52. The summed E-state index contributed by atoms with van der Waals surface area (Å²) in [7, 11) is 0. The van der Waals surface area contributed by atoms with E-state index in [9.17, 15) is 13.6 Å². The third-order valence-corrected chi connectivity index (χ3v) is 9.89. The molecule has 2 aromatic heterocycles. The lowest BCUT2D eigenvalue weighted by molar-refractivity contribution is -0.128. The van der Waals surface area contributed by atoms with Crippen molar-refractivity contribution in [2.24, 2.45) is 0 Å². The lowest BCUT2D eigenvalue weighted by atomic mass is 9.95. The average Bonchev–Trinajstić information content (AvgIpc) is 3.60. The Balaban J connectivity index is 1.31. The van der Waals surface area contributed by atoms with Gasteiger partial charge in [0, 0.05) is 49.7 Å². The highest BCUT2D eigenvalue weighted by atomic mass is 35.5. The number of carbonyl (C=O) groups excluding carboxylic acids is 1. The zero-order valence-corrected chi connectivity index (χ0v) is 25.9. The second-order valence-electron chi connectivity index (χ2n) is 12.2. The number of alkyl halides is 1. The minimum absolute atomic E-state index is 0.0292. The van der Waals surface area contributed by atoms with E-state index in [2.05, 4.69) is 16.3 Å². The summed E-state index contributed by atoms with van der Waals surface area (Å²) >= 11 is 6.46. The maximum absolute atomic E-state index is 14.6. The molecule has 7 rings (SSSR count). The Hall–Kier alpha value is -4.40. The van der Waals surface area contributed by atoms with E-state index in [4.69, 9.17) is 37.9 Å². The summed E-state index contributed by atoms with van der Waals surface area (Å²) in [5.41, 5.74) is 2.02. The fourth-order valence-corrected chi connectivity index (χ4v) is 7.60. The number of benzene rings is 2. The van der Waals surface area contributed by atoms with Crippen molar-refractivity contribution in [3.8, 4) is 17.1 Å². The molecular weight excluding hydrogens is 612 g/mol. The fourth-order valence-electron chi connectivity index (χ4n) is 7.33. The number of fused-ring (bicyclic) bond motifs is 3. The minimum atomic E-state index is -0.893. The zero-order chi connectivity index (χ0) is 32.0. The van der Waals surface area contributed by atoms with Crippen molar-refractivity contribution in [2.45, 2.75) is 37.0 Å². The largest absolute Gasteiger partial charge is 0.461 e. The Morgan fingerprint density at radius 2 is 2.09 bits per heavy atom. The molecule has 5 heterocycles. The van der Waals surface area contributed by atoms with E-state index >= 15 is 0 Å². The molecule has 3 aliphatic heterocycles. The summed E-state index contributed by atoms with van der Waals surface area (Å²) in [5.74, 6) is -0.216. The molecule has 236 valence electrons. The number of hydrogen-bond donors (Lipinski definition) is 0. The van der Waals surface area contributed by atoms with Crippen LogP contribution < -0.4 is 9.64 Å². The van der Waals surface area contributed by atoms with Crippen LogP contribution in [0, 0.1) is 12.4 Å². The maximum Gasteiger partial charge on any atom is 0.319 e. The molecule has 0 saturated carbocycles. The van der Waals surface area contributed by atoms with Crippen LogP contribution in [0.4, 0.5) is 14.6 Å². The first kappa shape index (κ1) is 30.3. The van der Waals surface area contributed by atoms with Crippen molar-refractivity contribution in [3.05, 3.63) is 77.5 Å². The molecule has 0 bridgehead atoms. The Morgan fingerprint density at radius 3 is 2.91 bits per heavy atom. The van der Waals surface area contributed by atoms with Crippen LogP contribution in [0.1, 0.15) is 19.3 Å². The summed E-state index contributed by atoms with van der Waals surface area (Å²) in [4.78, 5) is 36.4. The van der Waals surface area contributed by atoms with E-state index in [-0.39, 0.29) is 41.7 Å². The zero-order valence-electron chi connectivity index (χ0n) is 25.1. The van der Waals surface area contributed by atoms with Crippen molar-refractivity contribution in [1.29, 1.82) is 0 Å².